The van der Waals surface area contributed by atoms with Gasteiger partial charge in [0, 0.05) is 43.4 Å². The summed E-state index contributed by atoms with van der Waals surface area (Å²) in [5.41, 5.74) is 2.15. The molecule has 9 heteroatoms. The van der Waals surface area contributed by atoms with Crippen LogP contribution in [0.15, 0.2) is 58.4 Å². The Morgan fingerprint density at radius 2 is 2.03 bits per heavy atom. The molecule has 29 heavy (non-hydrogen) atoms. The highest BCUT2D eigenvalue weighted by atomic mass is 35.5. The first kappa shape index (κ1) is 21.4. The Kier molecular flexibility index (Phi) is 7.00. The molecule has 0 radical (unpaired) electrons. The summed E-state index contributed by atoms with van der Waals surface area (Å²) in [6.07, 6.45) is 1.76. The first-order valence-corrected chi connectivity index (χ1v) is 11.4. The van der Waals surface area contributed by atoms with Crippen LogP contribution in [0.25, 0.3) is 0 Å². The van der Waals surface area contributed by atoms with Crippen LogP contribution in [0.2, 0.25) is 5.02 Å². The van der Waals surface area contributed by atoms with E-state index in [4.69, 9.17) is 16.7 Å². The van der Waals surface area contributed by atoms with Crippen LogP contribution in [0.4, 0.5) is 5.69 Å². The summed E-state index contributed by atoms with van der Waals surface area (Å²) < 4.78 is 22.6. The van der Waals surface area contributed by atoms with Crippen LogP contribution in [-0.4, -0.2) is 47.1 Å². The number of benzene rings is 2. The van der Waals surface area contributed by atoms with E-state index < -0.39 is 10.0 Å². The quantitative estimate of drug-likeness (QED) is 0.476. The fraction of sp³-hybridized carbons (Fsp3) is 0.350. The molecule has 2 aromatic rings. The second-order valence-electron chi connectivity index (χ2n) is 6.99. The average Bonchev–Trinajstić information content (AvgIpc) is 3.15. The van der Waals surface area contributed by atoms with Crippen molar-refractivity contribution in [1.29, 1.82) is 0 Å². The maximum atomic E-state index is 11.3. The predicted octanol–water partition coefficient (Wildman–Crippen LogP) is 1.97. The molecule has 0 bridgehead atoms. The summed E-state index contributed by atoms with van der Waals surface area (Å²) in [7, 11) is -1.90. The third-order valence-corrected chi connectivity index (χ3v) is 6.05. The van der Waals surface area contributed by atoms with E-state index in [1.807, 2.05) is 18.2 Å². The van der Waals surface area contributed by atoms with Gasteiger partial charge in [-0.3, -0.25) is 4.99 Å². The third kappa shape index (κ3) is 6.09. The molecule has 0 aromatic heterocycles. The zero-order valence-electron chi connectivity index (χ0n) is 16.3. The summed E-state index contributed by atoms with van der Waals surface area (Å²) in [6.45, 7) is 2.53. The number of hydrogen-bond acceptors (Lipinski definition) is 4. The van der Waals surface area contributed by atoms with Gasteiger partial charge in [-0.05, 0) is 48.7 Å². The largest absolute Gasteiger partial charge is 0.369 e. The van der Waals surface area contributed by atoms with Gasteiger partial charge in [0.25, 0.3) is 0 Å². The van der Waals surface area contributed by atoms with Crippen LogP contribution in [0, 0.1) is 0 Å². The van der Waals surface area contributed by atoms with Crippen LogP contribution in [0.5, 0.6) is 0 Å². The highest BCUT2D eigenvalue weighted by molar-refractivity contribution is 7.89. The maximum Gasteiger partial charge on any atom is 0.238 e. The van der Waals surface area contributed by atoms with E-state index in [0.29, 0.717) is 12.6 Å². The molecule has 156 valence electrons. The molecule has 7 nitrogen and oxygen atoms in total. The molecular weight excluding hydrogens is 410 g/mol. The number of nitrogens with one attached hydrogen (secondary N) is 2. The van der Waals surface area contributed by atoms with Crippen molar-refractivity contribution in [2.24, 2.45) is 10.1 Å². The van der Waals surface area contributed by atoms with Crippen LogP contribution in [-0.2, 0) is 16.4 Å². The van der Waals surface area contributed by atoms with Gasteiger partial charge in [0.15, 0.2) is 5.96 Å². The number of nitrogens with zero attached hydrogens (tertiary/aromatic N) is 2. The number of nitrogens with two attached hydrogens (primary N) is 1. The summed E-state index contributed by atoms with van der Waals surface area (Å²) >= 11 is 6.10. The van der Waals surface area contributed by atoms with Crippen molar-refractivity contribution in [3.63, 3.8) is 0 Å². The Bertz CT molecular complexity index is 963. The zero-order chi connectivity index (χ0) is 20.9. The first-order chi connectivity index (χ1) is 13.8. The molecule has 0 amide bonds. The van der Waals surface area contributed by atoms with Crippen LogP contribution in [0.3, 0.4) is 0 Å². The van der Waals surface area contributed by atoms with Gasteiger partial charge in [-0.15, -0.1) is 0 Å². The third-order valence-electron chi connectivity index (χ3n) is 4.88. The highest BCUT2D eigenvalue weighted by Crippen LogP contribution is 2.23. The lowest BCUT2D eigenvalue weighted by Crippen LogP contribution is -2.45. The number of hydrogen-bond donors (Lipinski definition) is 3. The second-order valence-corrected chi connectivity index (χ2v) is 8.99. The lowest BCUT2D eigenvalue weighted by molar-refractivity contribution is 0.598. The average molecular weight is 436 g/mol. The van der Waals surface area contributed by atoms with Gasteiger partial charge >= 0.3 is 0 Å². The Hall–Kier alpha value is -2.29. The lowest BCUT2D eigenvalue weighted by atomic mass is 10.1. The van der Waals surface area contributed by atoms with Gasteiger partial charge < -0.3 is 15.5 Å². The molecule has 1 aliphatic heterocycles. The minimum absolute atomic E-state index is 0.122. The maximum absolute atomic E-state index is 11.3. The van der Waals surface area contributed by atoms with Gasteiger partial charge in [-0.2, -0.15) is 0 Å². The molecule has 0 spiro atoms. The SMILES string of the molecule is CN=C(NCCc1ccc(S(N)(=O)=O)cc1)NC1CCN(c2cccc(Cl)c2)C1. The summed E-state index contributed by atoms with van der Waals surface area (Å²) in [4.78, 5) is 6.73. The smallest absolute Gasteiger partial charge is 0.238 e. The summed E-state index contributed by atoms with van der Waals surface area (Å²) in [5.74, 6) is 0.754. The van der Waals surface area contributed by atoms with Crippen molar-refractivity contribution >= 4 is 33.3 Å². The van der Waals surface area contributed by atoms with E-state index in [1.165, 1.54) is 12.1 Å². The normalized spacial score (nSPS) is 17.4. The molecule has 1 saturated heterocycles. The zero-order valence-corrected chi connectivity index (χ0v) is 17.9. The van der Waals surface area contributed by atoms with E-state index in [-0.39, 0.29) is 4.90 Å². The molecule has 0 saturated carbocycles. The van der Waals surface area contributed by atoms with Crippen molar-refractivity contribution in [3.05, 3.63) is 59.1 Å². The molecule has 1 heterocycles. The molecular formula is C20H26ClN5O2S. The predicted molar refractivity (Wildman–Crippen MR) is 118 cm³/mol. The second kappa shape index (κ2) is 9.47. The fourth-order valence-corrected chi connectivity index (χ4v) is 4.04. The molecule has 1 aliphatic rings. The van der Waals surface area contributed by atoms with Gasteiger partial charge in [-0.25, -0.2) is 13.6 Å². The highest BCUT2D eigenvalue weighted by Gasteiger charge is 2.23. The number of sulfonamides is 1. The minimum Gasteiger partial charge on any atom is -0.369 e. The summed E-state index contributed by atoms with van der Waals surface area (Å²) in [6, 6.07) is 14.8. The van der Waals surface area contributed by atoms with E-state index in [1.54, 1.807) is 19.2 Å². The molecule has 3 rings (SSSR count). The van der Waals surface area contributed by atoms with Gasteiger partial charge in [0.05, 0.1) is 4.90 Å². The number of halogens is 1. The molecule has 1 atom stereocenters. The van der Waals surface area contributed by atoms with Crippen molar-refractivity contribution in [1.82, 2.24) is 10.6 Å². The van der Waals surface area contributed by atoms with E-state index >= 15 is 0 Å². The standard InChI is InChI=1S/C20H26ClN5O2S/c1-23-20(24-11-9-15-5-7-19(8-6-15)29(22,27)28)25-17-10-12-26(14-17)18-4-2-3-16(21)13-18/h2-8,13,17H,9-12,14H2,1H3,(H2,22,27,28)(H2,23,24,25). The van der Waals surface area contributed by atoms with E-state index in [0.717, 1.165) is 48.2 Å². The van der Waals surface area contributed by atoms with Crippen LogP contribution in [0.1, 0.15) is 12.0 Å². The van der Waals surface area contributed by atoms with Crippen molar-refractivity contribution in [3.8, 4) is 0 Å². The van der Waals surface area contributed by atoms with Gasteiger partial charge in [0.2, 0.25) is 10.0 Å². The van der Waals surface area contributed by atoms with Crippen molar-refractivity contribution in [2.45, 2.75) is 23.8 Å². The fourth-order valence-electron chi connectivity index (χ4n) is 3.34. The van der Waals surface area contributed by atoms with Gasteiger partial charge in [-0.1, -0.05) is 29.8 Å². The number of guanidine groups is 1. The Labute approximate surface area is 177 Å². The molecule has 4 N–H and O–H groups in total. The van der Waals surface area contributed by atoms with Crippen molar-refractivity contribution < 1.29 is 8.42 Å². The van der Waals surface area contributed by atoms with E-state index in [2.05, 4.69) is 26.6 Å². The monoisotopic (exact) mass is 435 g/mol. The number of primary sulfonamides is 1. The molecule has 0 aliphatic carbocycles. The van der Waals surface area contributed by atoms with Crippen LogP contribution >= 0.6 is 11.6 Å². The number of aliphatic imine (C=N–C) groups is 1. The molecule has 1 fully saturated rings. The minimum atomic E-state index is -3.65. The summed E-state index contributed by atoms with van der Waals surface area (Å²) in [5, 5.41) is 12.6. The topological polar surface area (TPSA) is 99.8 Å². The lowest BCUT2D eigenvalue weighted by Gasteiger charge is -2.20. The number of anilines is 1. The Morgan fingerprint density at radius 1 is 1.28 bits per heavy atom. The Balaban J connectivity index is 1.46. The first-order valence-electron chi connectivity index (χ1n) is 9.44. The number of rotatable bonds is 6. The van der Waals surface area contributed by atoms with E-state index in [9.17, 15) is 8.42 Å². The molecule has 2 aromatic carbocycles. The van der Waals surface area contributed by atoms with Gasteiger partial charge in [0.1, 0.15) is 0 Å². The van der Waals surface area contributed by atoms with Crippen molar-refractivity contribution in [2.75, 3.05) is 31.6 Å². The Morgan fingerprint density at radius 3 is 2.69 bits per heavy atom. The van der Waals surface area contributed by atoms with Crippen LogP contribution < -0.4 is 20.7 Å². The molecule has 1 unspecified atom stereocenters.